The molecule has 2 N–H and O–H groups in total. The molecule has 0 spiro atoms. The molecule has 0 atom stereocenters. The molecule has 0 aliphatic rings. The Hall–Kier alpha value is -3.08. The van der Waals surface area contributed by atoms with Crippen molar-refractivity contribution >= 4 is 11.6 Å². The quantitative estimate of drug-likeness (QED) is 0.610. The fourth-order valence-electron chi connectivity index (χ4n) is 2.78. The van der Waals surface area contributed by atoms with E-state index in [9.17, 15) is 4.79 Å². The Morgan fingerprint density at radius 3 is 2.46 bits per heavy atom. The maximum atomic E-state index is 12.2. The van der Waals surface area contributed by atoms with Crippen molar-refractivity contribution in [1.29, 1.82) is 0 Å². The number of aromatic amines is 1. The van der Waals surface area contributed by atoms with Gasteiger partial charge >= 0.3 is 0 Å². The molecule has 1 amide bonds. The molecule has 0 saturated heterocycles. The van der Waals surface area contributed by atoms with Gasteiger partial charge in [-0.15, -0.1) is 0 Å². The average Bonchev–Trinajstić information content (AvgIpc) is 3.19. The van der Waals surface area contributed by atoms with Gasteiger partial charge in [0.1, 0.15) is 5.69 Å². The molecule has 3 aromatic rings. The number of carbonyl (C=O) groups excluding carboxylic acids is 1. The molecule has 2 aromatic carbocycles. The predicted molar refractivity (Wildman–Crippen MR) is 105 cm³/mol. The number of carbonyl (C=O) groups is 1. The van der Waals surface area contributed by atoms with Crippen molar-refractivity contribution in [1.82, 2.24) is 15.5 Å². The fraction of sp³-hybridized carbons (Fsp3) is 0.238. The standard InChI is InChI=1S/C21H24N4O/c1-25(18-12-6-3-7-13-18)15-9-8-14-22-21(26)20-16-19(23-24-20)17-10-4-2-5-11-17/h2-7,10-13,16H,8-9,14-15H2,1H3,(H,22,26)(H,23,24). The highest BCUT2D eigenvalue weighted by molar-refractivity contribution is 5.93. The highest BCUT2D eigenvalue weighted by Crippen LogP contribution is 2.16. The van der Waals surface area contributed by atoms with Gasteiger partial charge in [-0.2, -0.15) is 5.10 Å². The van der Waals surface area contributed by atoms with E-state index in [-0.39, 0.29) is 5.91 Å². The molecule has 0 radical (unpaired) electrons. The highest BCUT2D eigenvalue weighted by atomic mass is 16.1. The molecule has 0 aliphatic carbocycles. The molecule has 134 valence electrons. The predicted octanol–water partition coefficient (Wildman–Crippen LogP) is 3.72. The van der Waals surface area contributed by atoms with E-state index in [1.807, 2.05) is 48.5 Å². The van der Waals surface area contributed by atoms with Crippen molar-refractivity contribution in [2.45, 2.75) is 12.8 Å². The van der Waals surface area contributed by atoms with Gasteiger partial charge in [-0.05, 0) is 31.0 Å². The van der Waals surface area contributed by atoms with Gasteiger partial charge in [-0.25, -0.2) is 0 Å². The zero-order valence-corrected chi connectivity index (χ0v) is 15.0. The number of para-hydroxylation sites is 1. The Balaban J connectivity index is 1.40. The summed E-state index contributed by atoms with van der Waals surface area (Å²) in [5, 5.41) is 9.98. The Morgan fingerprint density at radius 1 is 1.04 bits per heavy atom. The first-order chi connectivity index (χ1) is 12.7. The summed E-state index contributed by atoms with van der Waals surface area (Å²) in [5.41, 5.74) is 3.47. The molecule has 5 heteroatoms. The lowest BCUT2D eigenvalue weighted by molar-refractivity contribution is 0.0948. The summed E-state index contributed by atoms with van der Waals surface area (Å²) in [5.74, 6) is -0.115. The summed E-state index contributed by atoms with van der Waals surface area (Å²) in [6.07, 6.45) is 1.95. The number of hydrogen-bond acceptors (Lipinski definition) is 3. The molecule has 0 aliphatic heterocycles. The van der Waals surface area contributed by atoms with Crippen LogP contribution in [-0.2, 0) is 0 Å². The minimum absolute atomic E-state index is 0.115. The molecule has 3 rings (SSSR count). The van der Waals surface area contributed by atoms with Crippen LogP contribution in [0.25, 0.3) is 11.3 Å². The Labute approximate surface area is 154 Å². The van der Waals surface area contributed by atoms with Crippen LogP contribution >= 0.6 is 0 Å². The minimum atomic E-state index is -0.115. The lowest BCUT2D eigenvalue weighted by Crippen LogP contribution is -2.26. The van der Waals surface area contributed by atoms with E-state index < -0.39 is 0 Å². The monoisotopic (exact) mass is 348 g/mol. The van der Waals surface area contributed by atoms with E-state index in [4.69, 9.17) is 0 Å². The average molecular weight is 348 g/mol. The number of hydrogen-bond donors (Lipinski definition) is 2. The van der Waals surface area contributed by atoms with Crippen molar-refractivity contribution < 1.29 is 4.79 Å². The fourth-order valence-corrected chi connectivity index (χ4v) is 2.78. The van der Waals surface area contributed by atoms with E-state index in [0.717, 1.165) is 30.6 Å². The largest absolute Gasteiger partial charge is 0.375 e. The zero-order chi connectivity index (χ0) is 18.2. The molecular formula is C21H24N4O. The number of H-pyrrole nitrogens is 1. The number of amides is 1. The second-order valence-electron chi connectivity index (χ2n) is 6.25. The molecule has 0 fully saturated rings. The first kappa shape index (κ1) is 17.7. The van der Waals surface area contributed by atoms with Crippen LogP contribution in [0.5, 0.6) is 0 Å². The normalized spacial score (nSPS) is 10.5. The van der Waals surface area contributed by atoms with Crippen molar-refractivity contribution in [3.8, 4) is 11.3 Å². The number of nitrogens with one attached hydrogen (secondary N) is 2. The van der Waals surface area contributed by atoms with Crippen LogP contribution < -0.4 is 10.2 Å². The maximum absolute atomic E-state index is 12.2. The first-order valence-corrected chi connectivity index (χ1v) is 8.89. The van der Waals surface area contributed by atoms with Crippen LogP contribution in [0.4, 0.5) is 5.69 Å². The molecule has 1 aromatic heterocycles. The number of anilines is 1. The van der Waals surface area contributed by atoms with Crippen molar-refractivity contribution in [3.63, 3.8) is 0 Å². The maximum Gasteiger partial charge on any atom is 0.269 e. The van der Waals surface area contributed by atoms with Gasteiger partial charge in [0.2, 0.25) is 0 Å². The van der Waals surface area contributed by atoms with Crippen LogP contribution in [0.1, 0.15) is 23.3 Å². The van der Waals surface area contributed by atoms with Gasteiger partial charge in [-0.1, -0.05) is 48.5 Å². The smallest absolute Gasteiger partial charge is 0.269 e. The van der Waals surface area contributed by atoms with Gasteiger partial charge in [-0.3, -0.25) is 9.89 Å². The number of aromatic nitrogens is 2. The van der Waals surface area contributed by atoms with Gasteiger partial charge < -0.3 is 10.2 Å². The first-order valence-electron chi connectivity index (χ1n) is 8.89. The lowest BCUT2D eigenvalue weighted by atomic mass is 10.1. The van der Waals surface area contributed by atoms with Crippen LogP contribution in [0.3, 0.4) is 0 Å². The molecule has 0 unspecified atom stereocenters. The van der Waals surface area contributed by atoms with Crippen LogP contribution in [0.2, 0.25) is 0 Å². The third-order valence-electron chi connectivity index (χ3n) is 4.29. The van der Waals surface area contributed by atoms with Gasteiger partial charge in [0, 0.05) is 31.4 Å². The molecule has 0 saturated carbocycles. The Morgan fingerprint density at radius 2 is 1.73 bits per heavy atom. The van der Waals surface area contributed by atoms with E-state index in [1.54, 1.807) is 6.07 Å². The molecule has 0 bridgehead atoms. The van der Waals surface area contributed by atoms with Gasteiger partial charge in [0.15, 0.2) is 0 Å². The summed E-state index contributed by atoms with van der Waals surface area (Å²) in [7, 11) is 2.09. The Kier molecular flexibility index (Phi) is 6.04. The molecular weight excluding hydrogens is 324 g/mol. The summed E-state index contributed by atoms with van der Waals surface area (Å²) >= 11 is 0. The zero-order valence-electron chi connectivity index (χ0n) is 15.0. The summed E-state index contributed by atoms with van der Waals surface area (Å²) in [4.78, 5) is 14.4. The second-order valence-corrected chi connectivity index (χ2v) is 6.25. The third kappa shape index (κ3) is 4.72. The molecule has 26 heavy (non-hydrogen) atoms. The number of unbranched alkanes of at least 4 members (excludes halogenated alkanes) is 1. The topological polar surface area (TPSA) is 61.0 Å². The SMILES string of the molecule is CN(CCCCNC(=O)c1cc(-c2ccccc2)n[nH]1)c1ccccc1. The summed E-state index contributed by atoms with van der Waals surface area (Å²) in [6, 6.07) is 21.9. The van der Waals surface area contributed by atoms with E-state index in [2.05, 4.69) is 39.6 Å². The van der Waals surface area contributed by atoms with Crippen LogP contribution in [0.15, 0.2) is 66.7 Å². The van der Waals surface area contributed by atoms with Gasteiger partial charge in [0.05, 0.1) is 5.69 Å². The number of rotatable bonds is 8. The molecule has 1 heterocycles. The number of benzene rings is 2. The van der Waals surface area contributed by atoms with Crippen LogP contribution in [-0.4, -0.2) is 36.2 Å². The third-order valence-corrected chi connectivity index (χ3v) is 4.29. The Bertz CT molecular complexity index is 814. The van der Waals surface area contributed by atoms with Crippen molar-refractivity contribution in [2.75, 3.05) is 25.0 Å². The molecule has 5 nitrogen and oxygen atoms in total. The lowest BCUT2D eigenvalue weighted by Gasteiger charge is -2.19. The minimum Gasteiger partial charge on any atom is -0.375 e. The number of nitrogens with zero attached hydrogens (tertiary/aromatic N) is 2. The van der Waals surface area contributed by atoms with E-state index in [1.165, 1.54) is 5.69 Å². The summed E-state index contributed by atoms with van der Waals surface area (Å²) < 4.78 is 0. The second kappa shape index (κ2) is 8.85. The van der Waals surface area contributed by atoms with E-state index in [0.29, 0.717) is 12.2 Å². The van der Waals surface area contributed by atoms with Crippen molar-refractivity contribution in [2.24, 2.45) is 0 Å². The van der Waals surface area contributed by atoms with E-state index >= 15 is 0 Å². The summed E-state index contributed by atoms with van der Waals surface area (Å²) in [6.45, 7) is 1.61. The van der Waals surface area contributed by atoms with Crippen molar-refractivity contribution in [3.05, 3.63) is 72.4 Å². The van der Waals surface area contributed by atoms with Gasteiger partial charge in [0.25, 0.3) is 5.91 Å². The van der Waals surface area contributed by atoms with Crippen LogP contribution in [0, 0.1) is 0 Å². The highest BCUT2D eigenvalue weighted by Gasteiger charge is 2.10.